The van der Waals surface area contributed by atoms with Gasteiger partial charge in [0.2, 0.25) is 5.91 Å². The molecule has 0 atom stereocenters. The van der Waals surface area contributed by atoms with Crippen LogP contribution < -0.4 is 15.4 Å². The van der Waals surface area contributed by atoms with Gasteiger partial charge in [0, 0.05) is 29.2 Å². The zero-order valence-electron chi connectivity index (χ0n) is 16.5. The van der Waals surface area contributed by atoms with Crippen LogP contribution in [0.25, 0.3) is 22.2 Å². The molecule has 1 aliphatic rings. The lowest BCUT2D eigenvalue weighted by Gasteiger charge is -2.30. The molecule has 158 valence electrons. The van der Waals surface area contributed by atoms with Gasteiger partial charge in [0.1, 0.15) is 28.2 Å². The number of fused-ring (bicyclic) bond motifs is 1. The van der Waals surface area contributed by atoms with Crippen molar-refractivity contribution >= 4 is 46.0 Å². The summed E-state index contributed by atoms with van der Waals surface area (Å²) in [6.07, 6.45) is 7.28. The van der Waals surface area contributed by atoms with E-state index in [1.165, 1.54) is 0 Å². The minimum Gasteiger partial charge on any atom is -0.495 e. The third kappa shape index (κ3) is 4.63. The molecule has 9 heteroatoms. The van der Waals surface area contributed by atoms with Gasteiger partial charge in [0.25, 0.3) is 0 Å². The standard InChI is InChI=1S/C21H23Cl2N5O2/c1-30-15-8-16-17(11-25-21(16)24-10-15)12-6-18(23)28-19(7-12)26-13-2-4-14(5-3-13)27-20(29)9-22/h6-8,10-11,13-14H,2-5,9H2,1H3,(H,24,25)(H,26,28)(H,27,29)/t13-,14-. The van der Waals surface area contributed by atoms with Crippen LogP contribution in [0.2, 0.25) is 5.15 Å². The van der Waals surface area contributed by atoms with E-state index in [1.54, 1.807) is 13.3 Å². The maximum Gasteiger partial charge on any atom is 0.235 e. The molecular weight excluding hydrogens is 425 g/mol. The van der Waals surface area contributed by atoms with Gasteiger partial charge >= 0.3 is 0 Å². The molecule has 3 N–H and O–H groups in total. The maximum atomic E-state index is 11.5. The SMILES string of the molecule is COc1cnc2[nH]cc(-c3cc(Cl)nc(N[C@H]4CC[C@H](NC(=O)CCl)CC4)c3)c2c1. The van der Waals surface area contributed by atoms with Crippen molar-refractivity contribution in [3.63, 3.8) is 0 Å². The second kappa shape index (κ2) is 9.10. The summed E-state index contributed by atoms with van der Waals surface area (Å²) in [6.45, 7) is 0. The summed E-state index contributed by atoms with van der Waals surface area (Å²) in [4.78, 5) is 23.5. The van der Waals surface area contributed by atoms with Crippen molar-refractivity contribution in [3.8, 4) is 16.9 Å². The smallest absolute Gasteiger partial charge is 0.235 e. The average molecular weight is 448 g/mol. The van der Waals surface area contributed by atoms with Crippen molar-refractivity contribution in [3.05, 3.63) is 35.7 Å². The van der Waals surface area contributed by atoms with Gasteiger partial charge in [-0.25, -0.2) is 9.97 Å². The van der Waals surface area contributed by atoms with Crippen LogP contribution in [0.5, 0.6) is 5.75 Å². The molecule has 3 aromatic rings. The largest absolute Gasteiger partial charge is 0.495 e. The highest BCUT2D eigenvalue weighted by Gasteiger charge is 2.22. The zero-order valence-corrected chi connectivity index (χ0v) is 18.1. The van der Waals surface area contributed by atoms with E-state index in [-0.39, 0.29) is 23.9 Å². The number of hydrogen-bond donors (Lipinski definition) is 3. The number of carbonyl (C=O) groups excluding carboxylic acids is 1. The van der Waals surface area contributed by atoms with Gasteiger partial charge in [0.05, 0.1) is 13.3 Å². The van der Waals surface area contributed by atoms with Gasteiger partial charge in [-0.15, -0.1) is 11.6 Å². The second-order valence-electron chi connectivity index (χ2n) is 7.43. The molecular formula is C21H23Cl2N5O2. The Morgan fingerprint density at radius 1 is 1.23 bits per heavy atom. The number of rotatable bonds is 6. The van der Waals surface area contributed by atoms with Crippen molar-refractivity contribution in [1.82, 2.24) is 20.3 Å². The van der Waals surface area contributed by atoms with E-state index < -0.39 is 0 Å². The molecule has 0 spiro atoms. The fourth-order valence-electron chi connectivity index (χ4n) is 3.92. The molecule has 1 saturated carbocycles. The van der Waals surface area contributed by atoms with E-state index in [2.05, 4.69) is 25.6 Å². The van der Waals surface area contributed by atoms with Crippen LogP contribution in [0.1, 0.15) is 25.7 Å². The number of methoxy groups -OCH3 is 1. The summed E-state index contributed by atoms with van der Waals surface area (Å²) in [5.41, 5.74) is 2.71. The van der Waals surface area contributed by atoms with Gasteiger partial charge in [-0.3, -0.25) is 4.79 Å². The summed E-state index contributed by atoms with van der Waals surface area (Å²) in [5, 5.41) is 7.83. The maximum absolute atomic E-state index is 11.5. The van der Waals surface area contributed by atoms with Crippen LogP contribution in [0, 0.1) is 0 Å². The number of amides is 1. The molecule has 3 heterocycles. The quantitative estimate of drug-likeness (QED) is 0.385. The minimum atomic E-state index is -0.112. The number of hydrogen-bond acceptors (Lipinski definition) is 5. The number of aromatic amines is 1. The first kappa shape index (κ1) is 20.8. The molecule has 3 aromatic heterocycles. The zero-order chi connectivity index (χ0) is 21.1. The molecule has 0 radical (unpaired) electrons. The van der Waals surface area contributed by atoms with Gasteiger partial charge < -0.3 is 20.4 Å². The molecule has 1 aliphatic carbocycles. The third-order valence-electron chi connectivity index (χ3n) is 5.41. The van der Waals surface area contributed by atoms with E-state index in [4.69, 9.17) is 27.9 Å². The van der Waals surface area contributed by atoms with E-state index in [0.29, 0.717) is 10.9 Å². The molecule has 0 aromatic carbocycles. The van der Waals surface area contributed by atoms with Crippen LogP contribution in [-0.4, -0.2) is 45.9 Å². The Morgan fingerprint density at radius 2 is 2.00 bits per heavy atom. The first-order valence-electron chi connectivity index (χ1n) is 9.86. The van der Waals surface area contributed by atoms with E-state index in [1.807, 2.05) is 24.4 Å². The number of anilines is 1. The number of nitrogens with one attached hydrogen (secondary N) is 3. The minimum absolute atomic E-state index is 0.00260. The van der Waals surface area contributed by atoms with Gasteiger partial charge in [-0.05, 0) is 49.4 Å². The Hall–Kier alpha value is -2.51. The normalized spacial score (nSPS) is 18.9. The summed E-state index contributed by atoms with van der Waals surface area (Å²) in [7, 11) is 1.62. The van der Waals surface area contributed by atoms with Gasteiger partial charge in [-0.1, -0.05) is 11.6 Å². The Kier molecular flexibility index (Phi) is 6.29. The van der Waals surface area contributed by atoms with E-state index in [9.17, 15) is 4.79 Å². The monoisotopic (exact) mass is 447 g/mol. The van der Waals surface area contributed by atoms with Crippen molar-refractivity contribution < 1.29 is 9.53 Å². The second-order valence-corrected chi connectivity index (χ2v) is 8.09. The molecule has 4 rings (SSSR count). The summed E-state index contributed by atoms with van der Waals surface area (Å²) in [5.74, 6) is 1.32. The van der Waals surface area contributed by atoms with Crippen LogP contribution in [0.4, 0.5) is 5.82 Å². The van der Waals surface area contributed by atoms with Crippen LogP contribution in [-0.2, 0) is 4.79 Å². The topological polar surface area (TPSA) is 91.9 Å². The lowest BCUT2D eigenvalue weighted by Crippen LogP contribution is -2.40. The van der Waals surface area contributed by atoms with Crippen molar-refractivity contribution in [2.24, 2.45) is 0 Å². The predicted octanol–water partition coefficient (Wildman–Crippen LogP) is 4.37. The van der Waals surface area contributed by atoms with Crippen molar-refractivity contribution in [2.45, 2.75) is 37.8 Å². The van der Waals surface area contributed by atoms with Crippen LogP contribution in [0.15, 0.2) is 30.6 Å². The first-order valence-corrected chi connectivity index (χ1v) is 10.8. The molecule has 0 aliphatic heterocycles. The summed E-state index contributed by atoms with van der Waals surface area (Å²) >= 11 is 11.9. The summed E-state index contributed by atoms with van der Waals surface area (Å²) in [6, 6.07) is 6.25. The molecule has 1 amide bonds. The highest BCUT2D eigenvalue weighted by atomic mass is 35.5. The number of aromatic nitrogens is 3. The fraction of sp³-hybridized carbons (Fsp3) is 0.381. The molecule has 0 bridgehead atoms. The Morgan fingerprint density at radius 3 is 2.73 bits per heavy atom. The number of ether oxygens (including phenoxy) is 1. The third-order valence-corrected chi connectivity index (χ3v) is 5.85. The first-order chi connectivity index (χ1) is 14.6. The number of halogens is 2. The van der Waals surface area contributed by atoms with Crippen molar-refractivity contribution in [2.75, 3.05) is 18.3 Å². The number of H-pyrrole nitrogens is 1. The van der Waals surface area contributed by atoms with Crippen LogP contribution in [0.3, 0.4) is 0 Å². The lowest BCUT2D eigenvalue weighted by atomic mass is 9.91. The molecule has 1 fully saturated rings. The highest BCUT2D eigenvalue weighted by molar-refractivity contribution is 6.30. The Bertz CT molecular complexity index is 1050. The number of nitrogens with zero attached hydrogens (tertiary/aromatic N) is 2. The van der Waals surface area contributed by atoms with E-state index in [0.717, 1.165) is 53.7 Å². The van der Waals surface area contributed by atoms with Gasteiger partial charge in [0.15, 0.2) is 0 Å². The molecule has 0 unspecified atom stereocenters. The van der Waals surface area contributed by atoms with E-state index >= 15 is 0 Å². The number of alkyl halides is 1. The molecule has 0 saturated heterocycles. The Balaban J connectivity index is 1.50. The molecule has 7 nitrogen and oxygen atoms in total. The summed E-state index contributed by atoms with van der Waals surface area (Å²) < 4.78 is 5.31. The van der Waals surface area contributed by atoms with Crippen LogP contribution >= 0.6 is 23.2 Å². The average Bonchev–Trinajstić information content (AvgIpc) is 3.17. The molecule has 30 heavy (non-hydrogen) atoms. The van der Waals surface area contributed by atoms with Gasteiger partial charge in [-0.2, -0.15) is 0 Å². The lowest BCUT2D eigenvalue weighted by molar-refractivity contribution is -0.119. The highest BCUT2D eigenvalue weighted by Crippen LogP contribution is 2.33. The fourth-order valence-corrected chi connectivity index (χ4v) is 4.20. The Labute approximate surface area is 184 Å². The number of carbonyl (C=O) groups is 1. The predicted molar refractivity (Wildman–Crippen MR) is 119 cm³/mol. The number of pyridine rings is 2. The van der Waals surface area contributed by atoms with Crippen molar-refractivity contribution in [1.29, 1.82) is 0 Å².